The van der Waals surface area contributed by atoms with Crippen LogP contribution >= 0.6 is 0 Å². The van der Waals surface area contributed by atoms with Crippen LogP contribution in [0, 0.1) is 0 Å². The second-order valence-corrected chi connectivity index (χ2v) is 4.67. The van der Waals surface area contributed by atoms with E-state index in [0.717, 1.165) is 0 Å². The van der Waals surface area contributed by atoms with Gasteiger partial charge in [-0.15, -0.1) is 0 Å². The minimum absolute atomic E-state index is 0.0806. The number of benzene rings is 2. The predicted octanol–water partition coefficient (Wildman–Crippen LogP) is 2.15. The lowest BCUT2D eigenvalue weighted by molar-refractivity contribution is 0.316. The van der Waals surface area contributed by atoms with Gasteiger partial charge in [0.2, 0.25) is 11.5 Å². The molecule has 3 rings (SSSR count). The topological polar surface area (TPSA) is 110 Å². The van der Waals surface area contributed by atoms with Crippen molar-refractivity contribution in [1.82, 2.24) is 0 Å². The van der Waals surface area contributed by atoms with E-state index < -0.39 is 17.2 Å². The molecule has 21 heavy (non-hydrogen) atoms. The fourth-order valence-corrected chi connectivity index (χ4v) is 2.17. The highest BCUT2D eigenvalue weighted by molar-refractivity contribution is 5.88. The zero-order chi connectivity index (χ0) is 15.1. The van der Waals surface area contributed by atoms with Gasteiger partial charge in [0.15, 0.2) is 23.0 Å². The SMILES string of the molecule is Oc1ccc(C2=Cc3cc(O)c(O)c(O)c3OC2)cc1O. The molecule has 2 aromatic rings. The largest absolute Gasteiger partial charge is 0.504 e. The average molecular weight is 288 g/mol. The van der Waals surface area contributed by atoms with E-state index >= 15 is 0 Å². The lowest BCUT2D eigenvalue weighted by Crippen LogP contribution is -2.06. The van der Waals surface area contributed by atoms with Gasteiger partial charge in [0, 0.05) is 5.56 Å². The van der Waals surface area contributed by atoms with Crippen molar-refractivity contribution < 1.29 is 30.3 Å². The summed E-state index contributed by atoms with van der Waals surface area (Å²) < 4.78 is 5.39. The van der Waals surface area contributed by atoms with E-state index in [-0.39, 0.29) is 23.9 Å². The van der Waals surface area contributed by atoms with Crippen molar-refractivity contribution in [3.05, 3.63) is 35.4 Å². The van der Waals surface area contributed by atoms with Gasteiger partial charge in [0.05, 0.1) is 0 Å². The number of aromatic hydroxyl groups is 5. The van der Waals surface area contributed by atoms with E-state index in [4.69, 9.17) is 4.74 Å². The van der Waals surface area contributed by atoms with Crippen LogP contribution in [-0.2, 0) is 0 Å². The quantitative estimate of drug-likeness (QED) is 0.514. The molecule has 0 bridgehead atoms. The molecule has 2 aromatic carbocycles. The van der Waals surface area contributed by atoms with Crippen molar-refractivity contribution in [3.8, 4) is 34.5 Å². The van der Waals surface area contributed by atoms with Gasteiger partial charge in [0.25, 0.3) is 0 Å². The van der Waals surface area contributed by atoms with Crippen LogP contribution < -0.4 is 4.74 Å². The molecule has 0 unspecified atom stereocenters. The van der Waals surface area contributed by atoms with Gasteiger partial charge in [-0.2, -0.15) is 0 Å². The fraction of sp³-hybridized carbons (Fsp3) is 0.0667. The fourth-order valence-electron chi connectivity index (χ4n) is 2.17. The van der Waals surface area contributed by atoms with Gasteiger partial charge in [-0.05, 0) is 35.4 Å². The molecule has 0 radical (unpaired) electrons. The molecule has 0 aromatic heterocycles. The van der Waals surface area contributed by atoms with Gasteiger partial charge in [-0.25, -0.2) is 0 Å². The van der Waals surface area contributed by atoms with Crippen LogP contribution in [0.4, 0.5) is 0 Å². The molecule has 0 spiro atoms. The molecule has 0 saturated carbocycles. The molecule has 6 heteroatoms. The first-order chi connectivity index (χ1) is 9.97. The van der Waals surface area contributed by atoms with E-state index in [1.807, 2.05) is 0 Å². The van der Waals surface area contributed by atoms with Crippen LogP contribution in [-0.4, -0.2) is 32.1 Å². The van der Waals surface area contributed by atoms with Gasteiger partial charge >= 0.3 is 0 Å². The van der Waals surface area contributed by atoms with Crippen molar-refractivity contribution in [2.24, 2.45) is 0 Å². The first kappa shape index (κ1) is 13.0. The van der Waals surface area contributed by atoms with Crippen molar-refractivity contribution in [2.75, 3.05) is 6.61 Å². The Balaban J connectivity index is 2.10. The minimum atomic E-state index is -0.632. The van der Waals surface area contributed by atoms with Gasteiger partial charge in [0.1, 0.15) is 6.61 Å². The highest BCUT2D eigenvalue weighted by Crippen LogP contribution is 2.47. The van der Waals surface area contributed by atoms with E-state index in [2.05, 4.69) is 0 Å². The Morgan fingerprint density at radius 2 is 1.57 bits per heavy atom. The Labute approximate surface area is 119 Å². The zero-order valence-electron chi connectivity index (χ0n) is 10.7. The molecule has 1 aliphatic rings. The average Bonchev–Trinajstić information content (AvgIpc) is 2.47. The van der Waals surface area contributed by atoms with Gasteiger partial charge in [-0.1, -0.05) is 6.07 Å². The first-order valence-electron chi connectivity index (χ1n) is 6.11. The second-order valence-electron chi connectivity index (χ2n) is 4.67. The Morgan fingerprint density at radius 3 is 2.29 bits per heavy atom. The Hall–Kier alpha value is -3.02. The smallest absolute Gasteiger partial charge is 0.205 e. The first-order valence-corrected chi connectivity index (χ1v) is 6.11. The molecule has 0 aliphatic carbocycles. The van der Waals surface area contributed by atoms with Crippen LogP contribution in [0.15, 0.2) is 24.3 Å². The third kappa shape index (κ3) is 2.06. The van der Waals surface area contributed by atoms with E-state index in [9.17, 15) is 25.5 Å². The molecule has 0 atom stereocenters. The third-order valence-electron chi connectivity index (χ3n) is 3.28. The lowest BCUT2D eigenvalue weighted by atomic mass is 9.99. The Morgan fingerprint density at radius 1 is 0.810 bits per heavy atom. The number of hydrogen-bond donors (Lipinski definition) is 5. The molecule has 5 N–H and O–H groups in total. The highest BCUT2D eigenvalue weighted by atomic mass is 16.5. The van der Waals surface area contributed by atoms with E-state index in [1.165, 1.54) is 18.2 Å². The molecule has 1 aliphatic heterocycles. The molecular formula is C15H12O6. The van der Waals surface area contributed by atoms with Gasteiger partial charge in [-0.3, -0.25) is 0 Å². The van der Waals surface area contributed by atoms with Crippen LogP contribution in [0.5, 0.6) is 34.5 Å². The van der Waals surface area contributed by atoms with Crippen molar-refractivity contribution in [1.29, 1.82) is 0 Å². The number of ether oxygens (including phenoxy) is 1. The number of phenolic OH excluding ortho intramolecular Hbond substituents is 5. The zero-order valence-corrected chi connectivity index (χ0v) is 10.7. The van der Waals surface area contributed by atoms with Gasteiger partial charge < -0.3 is 30.3 Å². The van der Waals surface area contributed by atoms with Crippen LogP contribution in [0.3, 0.4) is 0 Å². The normalized spacial score (nSPS) is 13.2. The number of fused-ring (bicyclic) bond motifs is 1. The Bertz CT molecular complexity index is 763. The molecule has 0 saturated heterocycles. The summed E-state index contributed by atoms with van der Waals surface area (Å²) in [6.45, 7) is 0.106. The minimum Gasteiger partial charge on any atom is -0.504 e. The van der Waals surface area contributed by atoms with E-state index in [1.54, 1.807) is 12.1 Å². The highest BCUT2D eigenvalue weighted by Gasteiger charge is 2.22. The summed E-state index contributed by atoms with van der Waals surface area (Å²) >= 11 is 0. The maximum absolute atomic E-state index is 9.72. The summed E-state index contributed by atoms with van der Waals surface area (Å²) in [4.78, 5) is 0. The summed E-state index contributed by atoms with van der Waals surface area (Å²) in [5.74, 6) is -2.01. The number of hydrogen-bond acceptors (Lipinski definition) is 6. The molecule has 0 fully saturated rings. The molecular weight excluding hydrogens is 276 g/mol. The summed E-state index contributed by atoms with van der Waals surface area (Å²) in [6.07, 6.45) is 1.66. The Kier molecular flexibility index (Phi) is 2.79. The third-order valence-corrected chi connectivity index (χ3v) is 3.28. The summed E-state index contributed by atoms with van der Waals surface area (Å²) in [6, 6.07) is 5.61. The van der Waals surface area contributed by atoms with Crippen molar-refractivity contribution >= 4 is 11.6 Å². The molecule has 1 heterocycles. The monoisotopic (exact) mass is 288 g/mol. The van der Waals surface area contributed by atoms with Crippen molar-refractivity contribution in [3.63, 3.8) is 0 Å². The predicted molar refractivity (Wildman–Crippen MR) is 74.6 cm³/mol. The maximum atomic E-state index is 9.72. The summed E-state index contributed by atoms with van der Waals surface area (Å²) in [5, 5.41) is 47.5. The molecule has 108 valence electrons. The van der Waals surface area contributed by atoms with Crippen molar-refractivity contribution in [2.45, 2.75) is 0 Å². The van der Waals surface area contributed by atoms with Crippen LogP contribution in [0.1, 0.15) is 11.1 Å². The van der Waals surface area contributed by atoms with Crippen LogP contribution in [0.2, 0.25) is 0 Å². The second kappa shape index (κ2) is 4.52. The molecule has 6 nitrogen and oxygen atoms in total. The summed E-state index contributed by atoms with van der Waals surface area (Å²) in [5.41, 5.74) is 1.71. The number of phenols is 5. The summed E-state index contributed by atoms with van der Waals surface area (Å²) in [7, 11) is 0. The lowest BCUT2D eigenvalue weighted by Gasteiger charge is -2.20. The van der Waals surface area contributed by atoms with E-state index in [0.29, 0.717) is 16.7 Å². The standard InChI is InChI=1S/C15H12O6/c16-10-2-1-7(4-11(10)17)9-3-8-5-12(18)13(19)14(20)15(8)21-6-9/h1-5,16-20H,6H2. The number of rotatable bonds is 1. The maximum Gasteiger partial charge on any atom is 0.205 e. The van der Waals surface area contributed by atoms with Crippen LogP contribution in [0.25, 0.3) is 11.6 Å². The molecule has 0 amide bonds.